The minimum absolute atomic E-state index is 0.103. The van der Waals surface area contributed by atoms with Crippen LogP contribution < -0.4 is 0 Å². The van der Waals surface area contributed by atoms with E-state index in [4.69, 9.17) is 5.11 Å². The smallest absolute Gasteiger partial charge is 0.306 e. The topological polar surface area (TPSA) is 54.4 Å². The molecule has 3 heteroatoms. The van der Waals surface area contributed by atoms with E-state index in [2.05, 4.69) is 0 Å². The summed E-state index contributed by atoms with van der Waals surface area (Å²) in [6.45, 7) is 3.81. The van der Waals surface area contributed by atoms with E-state index in [0.717, 1.165) is 25.7 Å². The molecule has 0 spiro atoms. The highest BCUT2D eigenvalue weighted by Crippen LogP contribution is 2.27. The van der Waals surface area contributed by atoms with Crippen molar-refractivity contribution in [3.8, 4) is 0 Å². The fourth-order valence-electron chi connectivity index (χ4n) is 2.67. The van der Waals surface area contributed by atoms with Gasteiger partial charge in [0.1, 0.15) is 5.78 Å². The highest BCUT2D eigenvalue weighted by molar-refractivity contribution is 5.81. The van der Waals surface area contributed by atoms with Crippen LogP contribution in [0, 0.1) is 17.8 Å². The SMILES string of the molecule is CC(C)[C@H](CCC(=O)C1CCCCC1)C(=O)O. The first kappa shape index (κ1) is 14.2. The van der Waals surface area contributed by atoms with Crippen LogP contribution in [-0.4, -0.2) is 16.9 Å². The first-order valence-corrected chi connectivity index (χ1v) is 6.78. The number of hydrogen-bond donors (Lipinski definition) is 1. The Morgan fingerprint density at radius 2 is 1.76 bits per heavy atom. The van der Waals surface area contributed by atoms with Gasteiger partial charge in [0, 0.05) is 12.3 Å². The van der Waals surface area contributed by atoms with Gasteiger partial charge in [0.05, 0.1) is 5.92 Å². The maximum absolute atomic E-state index is 12.0. The fraction of sp³-hybridized carbons (Fsp3) is 0.857. The molecule has 0 aromatic carbocycles. The minimum atomic E-state index is -0.767. The molecular formula is C14H24O3. The first-order valence-electron chi connectivity index (χ1n) is 6.78. The van der Waals surface area contributed by atoms with Crippen molar-refractivity contribution in [1.82, 2.24) is 0 Å². The molecule has 0 bridgehead atoms. The van der Waals surface area contributed by atoms with Gasteiger partial charge in [-0.1, -0.05) is 33.1 Å². The van der Waals surface area contributed by atoms with Crippen LogP contribution in [0.5, 0.6) is 0 Å². The number of rotatable bonds is 6. The van der Waals surface area contributed by atoms with Gasteiger partial charge < -0.3 is 5.11 Å². The van der Waals surface area contributed by atoms with Crippen molar-refractivity contribution in [2.24, 2.45) is 17.8 Å². The number of aliphatic carboxylic acids is 1. The van der Waals surface area contributed by atoms with E-state index in [0.29, 0.717) is 12.8 Å². The average molecular weight is 240 g/mol. The predicted molar refractivity (Wildman–Crippen MR) is 66.8 cm³/mol. The highest BCUT2D eigenvalue weighted by atomic mass is 16.4. The predicted octanol–water partition coefficient (Wildman–Crippen LogP) is 3.27. The van der Waals surface area contributed by atoms with Gasteiger partial charge in [0.15, 0.2) is 0 Å². The lowest BCUT2D eigenvalue weighted by Crippen LogP contribution is -2.23. The minimum Gasteiger partial charge on any atom is -0.481 e. The molecular weight excluding hydrogens is 216 g/mol. The zero-order chi connectivity index (χ0) is 12.8. The highest BCUT2D eigenvalue weighted by Gasteiger charge is 2.25. The Bertz CT molecular complexity index is 265. The summed E-state index contributed by atoms with van der Waals surface area (Å²) in [5, 5.41) is 9.06. The Morgan fingerprint density at radius 3 is 2.24 bits per heavy atom. The van der Waals surface area contributed by atoms with Gasteiger partial charge in [-0.05, 0) is 25.2 Å². The van der Waals surface area contributed by atoms with Crippen molar-refractivity contribution >= 4 is 11.8 Å². The Balaban J connectivity index is 2.37. The van der Waals surface area contributed by atoms with Crippen LogP contribution in [-0.2, 0) is 9.59 Å². The molecule has 0 heterocycles. The maximum atomic E-state index is 12.0. The average Bonchev–Trinajstić information content (AvgIpc) is 2.29. The Morgan fingerprint density at radius 1 is 1.18 bits per heavy atom. The Kier molecular flexibility index (Phi) is 5.66. The van der Waals surface area contributed by atoms with Crippen LogP contribution in [0.1, 0.15) is 58.8 Å². The van der Waals surface area contributed by atoms with Gasteiger partial charge >= 0.3 is 5.97 Å². The monoisotopic (exact) mass is 240 g/mol. The lowest BCUT2D eigenvalue weighted by atomic mass is 9.82. The van der Waals surface area contributed by atoms with Crippen LogP contribution in [0.2, 0.25) is 0 Å². The molecule has 1 aliphatic rings. The largest absolute Gasteiger partial charge is 0.481 e. The van der Waals surface area contributed by atoms with Crippen molar-refractivity contribution in [2.75, 3.05) is 0 Å². The summed E-state index contributed by atoms with van der Waals surface area (Å²) < 4.78 is 0. The Labute approximate surface area is 104 Å². The van der Waals surface area contributed by atoms with Crippen molar-refractivity contribution in [3.63, 3.8) is 0 Å². The van der Waals surface area contributed by atoms with E-state index in [-0.39, 0.29) is 23.5 Å². The van der Waals surface area contributed by atoms with E-state index in [1.165, 1.54) is 6.42 Å². The maximum Gasteiger partial charge on any atom is 0.306 e. The Hall–Kier alpha value is -0.860. The molecule has 0 radical (unpaired) electrons. The van der Waals surface area contributed by atoms with Crippen LogP contribution in [0.15, 0.2) is 0 Å². The lowest BCUT2D eigenvalue weighted by Gasteiger charge is -2.21. The number of carboxylic acids is 1. The zero-order valence-corrected chi connectivity index (χ0v) is 10.9. The molecule has 0 aliphatic heterocycles. The summed E-state index contributed by atoms with van der Waals surface area (Å²) in [6, 6.07) is 0. The van der Waals surface area contributed by atoms with E-state index in [1.54, 1.807) is 0 Å². The zero-order valence-electron chi connectivity index (χ0n) is 10.9. The third-order valence-corrected chi connectivity index (χ3v) is 3.88. The summed E-state index contributed by atoms with van der Waals surface area (Å²) in [6.07, 6.45) is 6.53. The molecule has 1 aliphatic carbocycles. The second-order valence-electron chi connectivity index (χ2n) is 5.53. The third-order valence-electron chi connectivity index (χ3n) is 3.88. The van der Waals surface area contributed by atoms with Gasteiger partial charge in [-0.15, -0.1) is 0 Å². The number of carboxylic acid groups (broad SMARTS) is 1. The van der Waals surface area contributed by atoms with E-state index >= 15 is 0 Å². The summed E-state index contributed by atoms with van der Waals surface area (Å²) in [4.78, 5) is 23.0. The summed E-state index contributed by atoms with van der Waals surface area (Å²) in [7, 11) is 0. The van der Waals surface area contributed by atoms with Crippen LogP contribution in [0.4, 0.5) is 0 Å². The third kappa shape index (κ3) is 4.49. The van der Waals surface area contributed by atoms with Crippen LogP contribution in [0.25, 0.3) is 0 Å². The molecule has 1 atom stereocenters. The van der Waals surface area contributed by atoms with Gasteiger partial charge in [-0.3, -0.25) is 9.59 Å². The molecule has 3 nitrogen and oxygen atoms in total. The first-order chi connectivity index (χ1) is 8.02. The standard InChI is InChI=1S/C14H24O3/c1-10(2)12(14(16)17)8-9-13(15)11-6-4-3-5-7-11/h10-12H,3-9H2,1-2H3,(H,16,17)/t12-/m0/s1. The van der Waals surface area contributed by atoms with Crippen molar-refractivity contribution in [2.45, 2.75) is 58.8 Å². The van der Waals surface area contributed by atoms with Gasteiger partial charge in [0.2, 0.25) is 0 Å². The van der Waals surface area contributed by atoms with Crippen LogP contribution >= 0.6 is 0 Å². The number of hydrogen-bond acceptors (Lipinski definition) is 2. The fourth-order valence-corrected chi connectivity index (χ4v) is 2.67. The molecule has 1 N–H and O–H groups in total. The summed E-state index contributed by atoms with van der Waals surface area (Å²) in [5.41, 5.74) is 0. The second kappa shape index (κ2) is 6.77. The molecule has 0 aromatic rings. The molecule has 0 unspecified atom stereocenters. The van der Waals surface area contributed by atoms with Crippen LogP contribution in [0.3, 0.4) is 0 Å². The number of carbonyl (C=O) groups is 2. The molecule has 0 aromatic heterocycles. The van der Waals surface area contributed by atoms with E-state index in [1.807, 2.05) is 13.8 Å². The van der Waals surface area contributed by atoms with Crippen molar-refractivity contribution in [3.05, 3.63) is 0 Å². The second-order valence-corrected chi connectivity index (χ2v) is 5.53. The number of Topliss-reactive ketones (excluding diaryl/α,β-unsaturated/α-hetero) is 1. The number of ketones is 1. The van der Waals surface area contributed by atoms with E-state index < -0.39 is 5.97 Å². The van der Waals surface area contributed by atoms with Gasteiger partial charge in [0.25, 0.3) is 0 Å². The molecule has 1 saturated carbocycles. The molecule has 1 rings (SSSR count). The van der Waals surface area contributed by atoms with Gasteiger partial charge in [-0.25, -0.2) is 0 Å². The number of carbonyl (C=O) groups excluding carboxylic acids is 1. The quantitative estimate of drug-likeness (QED) is 0.775. The van der Waals surface area contributed by atoms with Gasteiger partial charge in [-0.2, -0.15) is 0 Å². The molecule has 17 heavy (non-hydrogen) atoms. The van der Waals surface area contributed by atoms with E-state index in [9.17, 15) is 9.59 Å². The summed E-state index contributed by atoms with van der Waals surface area (Å²) in [5.74, 6) is -0.535. The lowest BCUT2D eigenvalue weighted by molar-refractivity contribution is -0.143. The van der Waals surface area contributed by atoms with Crippen molar-refractivity contribution < 1.29 is 14.7 Å². The summed E-state index contributed by atoms with van der Waals surface area (Å²) >= 11 is 0. The molecule has 0 amide bonds. The molecule has 1 fully saturated rings. The normalized spacial score (nSPS) is 19.2. The molecule has 98 valence electrons. The van der Waals surface area contributed by atoms with Crippen molar-refractivity contribution in [1.29, 1.82) is 0 Å². The molecule has 0 saturated heterocycles.